The third-order valence-corrected chi connectivity index (χ3v) is 3.05. The summed E-state index contributed by atoms with van der Waals surface area (Å²) in [5, 5.41) is 12.9. The third kappa shape index (κ3) is 10.3. The lowest BCUT2D eigenvalue weighted by molar-refractivity contribution is -0.0311. The van der Waals surface area contributed by atoms with Crippen molar-refractivity contribution in [2.24, 2.45) is 5.92 Å². The van der Waals surface area contributed by atoms with Crippen LogP contribution in [0.1, 0.15) is 26.2 Å². The number of aliphatic hydroxyl groups excluding tert-OH is 1. The highest BCUT2D eigenvalue weighted by atomic mass is 16.5. The Labute approximate surface area is 116 Å². The van der Waals surface area contributed by atoms with Crippen molar-refractivity contribution in [1.29, 1.82) is 0 Å². The van der Waals surface area contributed by atoms with Gasteiger partial charge in [-0.1, -0.05) is 0 Å². The van der Waals surface area contributed by atoms with Crippen LogP contribution in [0.25, 0.3) is 0 Å². The van der Waals surface area contributed by atoms with E-state index in [0.717, 1.165) is 32.1 Å². The number of hydrogen-bond donors (Lipinski definition) is 2. The van der Waals surface area contributed by atoms with E-state index in [4.69, 9.17) is 14.2 Å². The monoisotopic (exact) mass is 275 g/mol. The van der Waals surface area contributed by atoms with Crippen molar-refractivity contribution in [3.8, 4) is 0 Å². The summed E-state index contributed by atoms with van der Waals surface area (Å²) in [4.78, 5) is 0. The van der Waals surface area contributed by atoms with E-state index >= 15 is 0 Å². The van der Waals surface area contributed by atoms with Crippen LogP contribution in [0.3, 0.4) is 0 Å². The first-order valence-corrected chi connectivity index (χ1v) is 7.29. The molecule has 1 rings (SSSR count). The number of methoxy groups -OCH3 is 1. The molecule has 0 aliphatic heterocycles. The molecular formula is C14H29NO4. The molecule has 1 saturated carbocycles. The first-order chi connectivity index (χ1) is 9.22. The van der Waals surface area contributed by atoms with E-state index in [1.165, 1.54) is 12.8 Å². The van der Waals surface area contributed by atoms with Gasteiger partial charge >= 0.3 is 0 Å². The van der Waals surface area contributed by atoms with Gasteiger partial charge in [0.05, 0.1) is 25.4 Å². The fourth-order valence-corrected chi connectivity index (χ4v) is 1.72. The molecule has 1 aliphatic rings. The van der Waals surface area contributed by atoms with E-state index < -0.39 is 6.10 Å². The molecule has 2 unspecified atom stereocenters. The zero-order chi connectivity index (χ0) is 13.9. The fourth-order valence-electron chi connectivity index (χ4n) is 1.72. The van der Waals surface area contributed by atoms with Crippen molar-refractivity contribution >= 4 is 0 Å². The van der Waals surface area contributed by atoms with E-state index in [2.05, 4.69) is 5.32 Å². The molecule has 2 N–H and O–H groups in total. The number of nitrogens with one attached hydrogen (secondary N) is 1. The van der Waals surface area contributed by atoms with Gasteiger partial charge in [0.2, 0.25) is 0 Å². The van der Waals surface area contributed by atoms with Crippen molar-refractivity contribution in [3.05, 3.63) is 0 Å². The van der Waals surface area contributed by atoms with Crippen molar-refractivity contribution < 1.29 is 19.3 Å². The SMILES string of the molecule is COCC(C)OCC(O)CNCCCOCC1CC1. The van der Waals surface area contributed by atoms with Crippen LogP contribution in [-0.4, -0.2) is 63.9 Å². The lowest BCUT2D eigenvalue weighted by Crippen LogP contribution is -2.33. The van der Waals surface area contributed by atoms with E-state index in [1.54, 1.807) is 7.11 Å². The molecule has 0 heterocycles. The lowest BCUT2D eigenvalue weighted by atomic mass is 10.3. The van der Waals surface area contributed by atoms with Crippen LogP contribution in [0.5, 0.6) is 0 Å². The predicted octanol–water partition coefficient (Wildman–Crippen LogP) is 0.805. The Hall–Kier alpha value is -0.200. The van der Waals surface area contributed by atoms with Gasteiger partial charge in [-0.25, -0.2) is 0 Å². The molecule has 114 valence electrons. The molecule has 0 aromatic rings. The first kappa shape index (κ1) is 16.9. The maximum Gasteiger partial charge on any atom is 0.0897 e. The summed E-state index contributed by atoms with van der Waals surface area (Å²) < 4.78 is 15.9. The Morgan fingerprint density at radius 1 is 1.32 bits per heavy atom. The van der Waals surface area contributed by atoms with E-state index in [0.29, 0.717) is 19.8 Å². The number of ether oxygens (including phenoxy) is 3. The summed E-state index contributed by atoms with van der Waals surface area (Å²) in [5.74, 6) is 0.834. The van der Waals surface area contributed by atoms with Crippen LogP contribution < -0.4 is 5.32 Å². The number of hydrogen-bond acceptors (Lipinski definition) is 5. The topological polar surface area (TPSA) is 60.0 Å². The minimum absolute atomic E-state index is 0.0236. The zero-order valence-corrected chi connectivity index (χ0v) is 12.3. The van der Waals surface area contributed by atoms with Gasteiger partial charge in [-0.3, -0.25) is 0 Å². The summed E-state index contributed by atoms with van der Waals surface area (Å²) in [6, 6.07) is 0. The Balaban J connectivity index is 1.79. The van der Waals surface area contributed by atoms with Gasteiger partial charge in [0.15, 0.2) is 0 Å². The Morgan fingerprint density at radius 3 is 2.79 bits per heavy atom. The van der Waals surface area contributed by atoms with Gasteiger partial charge in [0.25, 0.3) is 0 Å². The van der Waals surface area contributed by atoms with Gasteiger partial charge in [0, 0.05) is 26.9 Å². The van der Waals surface area contributed by atoms with Gasteiger partial charge in [-0.15, -0.1) is 0 Å². The van der Waals surface area contributed by atoms with E-state index in [-0.39, 0.29) is 6.10 Å². The summed E-state index contributed by atoms with van der Waals surface area (Å²) in [5.41, 5.74) is 0. The average Bonchev–Trinajstić information content (AvgIpc) is 3.19. The van der Waals surface area contributed by atoms with Crippen LogP contribution in [-0.2, 0) is 14.2 Å². The Bertz CT molecular complexity index is 212. The molecule has 19 heavy (non-hydrogen) atoms. The molecule has 0 saturated heterocycles. The highest BCUT2D eigenvalue weighted by Crippen LogP contribution is 2.28. The third-order valence-electron chi connectivity index (χ3n) is 3.05. The molecule has 0 aromatic carbocycles. The molecule has 5 heteroatoms. The lowest BCUT2D eigenvalue weighted by Gasteiger charge is -2.16. The van der Waals surface area contributed by atoms with Crippen LogP contribution in [0, 0.1) is 5.92 Å². The smallest absolute Gasteiger partial charge is 0.0897 e. The molecule has 0 amide bonds. The number of rotatable bonds is 13. The zero-order valence-electron chi connectivity index (χ0n) is 12.3. The highest BCUT2D eigenvalue weighted by Gasteiger charge is 2.20. The normalized spacial score (nSPS) is 18.5. The van der Waals surface area contributed by atoms with Crippen molar-refractivity contribution in [2.45, 2.75) is 38.4 Å². The van der Waals surface area contributed by atoms with Crippen LogP contribution in [0.2, 0.25) is 0 Å². The molecule has 0 radical (unpaired) electrons. The van der Waals surface area contributed by atoms with Crippen molar-refractivity contribution in [3.63, 3.8) is 0 Å². The molecule has 0 bridgehead atoms. The summed E-state index contributed by atoms with van der Waals surface area (Å²) in [7, 11) is 1.64. The second kappa shape index (κ2) is 10.6. The molecule has 5 nitrogen and oxygen atoms in total. The largest absolute Gasteiger partial charge is 0.389 e. The molecule has 1 aliphatic carbocycles. The van der Waals surface area contributed by atoms with Gasteiger partial charge in [-0.2, -0.15) is 0 Å². The fraction of sp³-hybridized carbons (Fsp3) is 1.00. The second-order valence-corrected chi connectivity index (χ2v) is 5.33. The minimum atomic E-state index is -0.466. The van der Waals surface area contributed by atoms with E-state index in [1.807, 2.05) is 6.92 Å². The standard InChI is InChI=1S/C14H29NO4/c1-12(9-17-2)19-11-14(16)8-15-6-3-7-18-10-13-4-5-13/h12-16H,3-11H2,1-2H3. The van der Waals surface area contributed by atoms with E-state index in [9.17, 15) is 5.11 Å². The average molecular weight is 275 g/mol. The van der Waals surface area contributed by atoms with Crippen LogP contribution >= 0.6 is 0 Å². The molecule has 1 fully saturated rings. The highest BCUT2D eigenvalue weighted by molar-refractivity contribution is 4.71. The maximum absolute atomic E-state index is 9.69. The number of aliphatic hydroxyl groups is 1. The molecule has 0 spiro atoms. The van der Waals surface area contributed by atoms with Crippen LogP contribution in [0.4, 0.5) is 0 Å². The Morgan fingerprint density at radius 2 is 2.11 bits per heavy atom. The van der Waals surface area contributed by atoms with Crippen LogP contribution in [0.15, 0.2) is 0 Å². The van der Waals surface area contributed by atoms with Gasteiger partial charge in [0.1, 0.15) is 0 Å². The van der Waals surface area contributed by atoms with Crippen molar-refractivity contribution in [1.82, 2.24) is 5.32 Å². The summed E-state index contributed by atoms with van der Waals surface area (Å²) in [6.45, 7) is 5.99. The summed E-state index contributed by atoms with van der Waals surface area (Å²) in [6.07, 6.45) is 3.22. The predicted molar refractivity (Wildman–Crippen MR) is 74.3 cm³/mol. The molecule has 0 aromatic heterocycles. The van der Waals surface area contributed by atoms with Gasteiger partial charge < -0.3 is 24.6 Å². The van der Waals surface area contributed by atoms with Crippen molar-refractivity contribution in [2.75, 3.05) is 46.6 Å². The molecular weight excluding hydrogens is 246 g/mol. The van der Waals surface area contributed by atoms with Gasteiger partial charge in [-0.05, 0) is 38.6 Å². The maximum atomic E-state index is 9.69. The second-order valence-electron chi connectivity index (χ2n) is 5.33. The Kier molecular flexibility index (Phi) is 9.38. The minimum Gasteiger partial charge on any atom is -0.389 e. The first-order valence-electron chi connectivity index (χ1n) is 7.29. The quantitative estimate of drug-likeness (QED) is 0.487. The molecule has 2 atom stereocenters. The summed E-state index contributed by atoms with van der Waals surface area (Å²) >= 11 is 0.